The van der Waals surface area contributed by atoms with Crippen LogP contribution in [0.3, 0.4) is 0 Å². The third-order valence-electron chi connectivity index (χ3n) is 3.31. The smallest absolute Gasteiger partial charge is 0.245 e. The normalized spacial score (nSPS) is 19.4. The molecule has 0 radical (unpaired) electrons. The molecule has 1 atom stereocenters. The number of nitrogens with zero attached hydrogens (tertiary/aromatic N) is 3. The Balaban J connectivity index is 1.88. The van der Waals surface area contributed by atoms with E-state index in [2.05, 4.69) is 48.3 Å². The largest absolute Gasteiger partial charge is 0.337 e. The van der Waals surface area contributed by atoms with Crippen molar-refractivity contribution >= 4 is 33.5 Å². The summed E-state index contributed by atoms with van der Waals surface area (Å²) < 4.78 is 0.943. The van der Waals surface area contributed by atoms with Gasteiger partial charge < -0.3 is 10.2 Å². The van der Waals surface area contributed by atoms with Crippen LogP contribution in [0.25, 0.3) is 11.4 Å². The van der Waals surface area contributed by atoms with Crippen LogP contribution in [-0.2, 0) is 0 Å². The molecule has 5 nitrogen and oxygen atoms in total. The number of benzene rings is 1. The van der Waals surface area contributed by atoms with Crippen LogP contribution in [0.2, 0.25) is 5.02 Å². The van der Waals surface area contributed by atoms with Gasteiger partial charge in [-0.3, -0.25) is 5.10 Å². The van der Waals surface area contributed by atoms with Crippen LogP contribution in [0.5, 0.6) is 0 Å². The Labute approximate surface area is 130 Å². The second-order valence-electron chi connectivity index (χ2n) is 4.91. The summed E-state index contributed by atoms with van der Waals surface area (Å²) >= 11 is 9.55. The van der Waals surface area contributed by atoms with Gasteiger partial charge in [0, 0.05) is 40.7 Å². The first-order valence-electron chi connectivity index (χ1n) is 6.49. The molecule has 2 heterocycles. The van der Waals surface area contributed by atoms with Gasteiger partial charge in [-0.1, -0.05) is 27.5 Å². The Hall–Kier alpha value is -1.11. The molecule has 1 aliphatic rings. The second kappa shape index (κ2) is 5.71. The lowest BCUT2D eigenvalue weighted by Gasteiger charge is -2.30. The minimum absolute atomic E-state index is 0.448. The number of aromatic amines is 1. The number of piperazine rings is 1. The fraction of sp³-hybridized carbons (Fsp3) is 0.385. The number of rotatable bonds is 2. The van der Waals surface area contributed by atoms with E-state index in [1.165, 1.54) is 0 Å². The van der Waals surface area contributed by atoms with Crippen molar-refractivity contribution in [3.63, 3.8) is 0 Å². The first kappa shape index (κ1) is 13.9. The number of H-pyrrole nitrogens is 1. The average molecular weight is 357 g/mol. The number of aromatic nitrogens is 3. The Bertz CT molecular complexity index is 615. The van der Waals surface area contributed by atoms with Crippen molar-refractivity contribution < 1.29 is 0 Å². The zero-order valence-electron chi connectivity index (χ0n) is 11.0. The van der Waals surface area contributed by atoms with Crippen molar-refractivity contribution in [2.45, 2.75) is 13.0 Å². The summed E-state index contributed by atoms with van der Waals surface area (Å²) in [5.74, 6) is 1.46. The van der Waals surface area contributed by atoms with Crippen molar-refractivity contribution in [2.24, 2.45) is 0 Å². The molecule has 0 saturated carbocycles. The maximum Gasteiger partial charge on any atom is 0.245 e. The highest BCUT2D eigenvalue weighted by Crippen LogP contribution is 2.29. The van der Waals surface area contributed by atoms with Crippen molar-refractivity contribution in [2.75, 3.05) is 24.5 Å². The van der Waals surface area contributed by atoms with E-state index in [1.54, 1.807) is 0 Å². The quantitative estimate of drug-likeness (QED) is 0.868. The molecule has 0 bridgehead atoms. The Morgan fingerprint density at radius 1 is 1.45 bits per heavy atom. The Morgan fingerprint density at radius 3 is 3.10 bits per heavy atom. The van der Waals surface area contributed by atoms with Crippen LogP contribution >= 0.6 is 27.5 Å². The van der Waals surface area contributed by atoms with Gasteiger partial charge in [0.25, 0.3) is 0 Å². The molecule has 7 heteroatoms. The van der Waals surface area contributed by atoms with E-state index in [9.17, 15) is 0 Å². The maximum atomic E-state index is 6.04. The maximum absolute atomic E-state index is 6.04. The second-order valence-corrected chi connectivity index (χ2v) is 6.20. The lowest BCUT2D eigenvalue weighted by atomic mass is 10.2. The lowest BCUT2D eigenvalue weighted by Crippen LogP contribution is -2.49. The number of nitrogens with one attached hydrogen (secondary N) is 2. The summed E-state index contributed by atoms with van der Waals surface area (Å²) in [6.07, 6.45) is 0. The molecule has 0 spiro atoms. The van der Waals surface area contributed by atoms with Gasteiger partial charge in [-0.05, 0) is 25.1 Å². The molecule has 1 aromatic heterocycles. The average Bonchev–Trinajstić information content (AvgIpc) is 2.91. The zero-order chi connectivity index (χ0) is 14.1. The molecule has 2 N–H and O–H groups in total. The topological polar surface area (TPSA) is 56.8 Å². The molecule has 1 aromatic carbocycles. The number of hydrogen-bond acceptors (Lipinski definition) is 4. The number of hydrogen-bond donors (Lipinski definition) is 2. The minimum Gasteiger partial charge on any atom is -0.337 e. The van der Waals surface area contributed by atoms with Gasteiger partial charge in [-0.25, -0.2) is 0 Å². The minimum atomic E-state index is 0.448. The van der Waals surface area contributed by atoms with Crippen LogP contribution in [-0.4, -0.2) is 40.9 Å². The predicted octanol–water partition coefficient (Wildman–Crippen LogP) is 2.69. The molecular weight excluding hydrogens is 342 g/mol. The summed E-state index contributed by atoms with van der Waals surface area (Å²) in [6, 6.07) is 6.07. The van der Waals surface area contributed by atoms with Crippen LogP contribution in [0.4, 0.5) is 5.95 Å². The molecule has 106 valence electrons. The molecule has 2 aromatic rings. The summed E-state index contributed by atoms with van der Waals surface area (Å²) in [4.78, 5) is 6.76. The third kappa shape index (κ3) is 2.82. The number of anilines is 1. The van der Waals surface area contributed by atoms with Gasteiger partial charge in [0.15, 0.2) is 5.82 Å². The fourth-order valence-electron chi connectivity index (χ4n) is 2.31. The fourth-order valence-corrected chi connectivity index (χ4v) is 2.91. The van der Waals surface area contributed by atoms with Gasteiger partial charge >= 0.3 is 0 Å². The van der Waals surface area contributed by atoms with E-state index in [-0.39, 0.29) is 0 Å². The molecule has 1 aliphatic heterocycles. The predicted molar refractivity (Wildman–Crippen MR) is 84.2 cm³/mol. The van der Waals surface area contributed by atoms with Gasteiger partial charge in [-0.15, -0.1) is 5.10 Å². The molecular formula is C13H15BrClN5. The van der Waals surface area contributed by atoms with Crippen molar-refractivity contribution in [1.29, 1.82) is 0 Å². The van der Waals surface area contributed by atoms with Crippen LogP contribution in [0.1, 0.15) is 6.92 Å². The van der Waals surface area contributed by atoms with Gasteiger partial charge in [0.05, 0.1) is 0 Å². The molecule has 3 rings (SSSR count). The van der Waals surface area contributed by atoms with Crippen molar-refractivity contribution in [1.82, 2.24) is 20.5 Å². The van der Waals surface area contributed by atoms with Gasteiger partial charge in [-0.2, -0.15) is 4.98 Å². The lowest BCUT2D eigenvalue weighted by molar-refractivity contribution is 0.480. The van der Waals surface area contributed by atoms with Crippen LogP contribution in [0, 0.1) is 0 Å². The molecule has 1 saturated heterocycles. The first-order valence-corrected chi connectivity index (χ1v) is 7.67. The standard InChI is InChI=1S/C13H15BrClN5/c1-8-7-20(5-4-16-8)13-17-12(18-19-13)10-6-9(15)2-3-11(10)14/h2-3,6,8,16H,4-5,7H2,1H3,(H,17,18,19). The molecule has 20 heavy (non-hydrogen) atoms. The highest BCUT2D eigenvalue weighted by atomic mass is 79.9. The Morgan fingerprint density at radius 2 is 2.30 bits per heavy atom. The summed E-state index contributed by atoms with van der Waals surface area (Å²) in [7, 11) is 0. The van der Waals surface area contributed by atoms with E-state index < -0.39 is 0 Å². The number of halogens is 2. The first-order chi connectivity index (χ1) is 9.63. The van der Waals surface area contributed by atoms with E-state index in [0.29, 0.717) is 11.1 Å². The van der Waals surface area contributed by atoms with Crippen LogP contribution in [0.15, 0.2) is 22.7 Å². The van der Waals surface area contributed by atoms with E-state index in [4.69, 9.17) is 11.6 Å². The summed E-state index contributed by atoms with van der Waals surface area (Å²) in [5.41, 5.74) is 0.916. The zero-order valence-corrected chi connectivity index (χ0v) is 13.4. The van der Waals surface area contributed by atoms with E-state index in [1.807, 2.05) is 18.2 Å². The summed E-state index contributed by atoms with van der Waals surface area (Å²) in [6.45, 7) is 4.94. The highest BCUT2D eigenvalue weighted by molar-refractivity contribution is 9.10. The van der Waals surface area contributed by atoms with Gasteiger partial charge in [0.1, 0.15) is 0 Å². The monoisotopic (exact) mass is 355 g/mol. The van der Waals surface area contributed by atoms with E-state index >= 15 is 0 Å². The van der Waals surface area contributed by atoms with Crippen molar-refractivity contribution in [3.05, 3.63) is 27.7 Å². The molecule has 0 amide bonds. The Kier molecular flexibility index (Phi) is 3.96. The van der Waals surface area contributed by atoms with Crippen molar-refractivity contribution in [3.8, 4) is 11.4 Å². The summed E-state index contributed by atoms with van der Waals surface area (Å²) in [5, 5.41) is 11.4. The molecule has 1 fully saturated rings. The molecule has 1 unspecified atom stereocenters. The molecule has 0 aliphatic carbocycles. The third-order valence-corrected chi connectivity index (χ3v) is 4.24. The van der Waals surface area contributed by atoms with Crippen LogP contribution < -0.4 is 10.2 Å². The van der Waals surface area contributed by atoms with E-state index in [0.717, 1.165) is 41.4 Å². The van der Waals surface area contributed by atoms with Gasteiger partial charge in [0.2, 0.25) is 5.95 Å². The SMILES string of the molecule is CC1CN(c2n[nH]c(-c3cc(Cl)ccc3Br)n2)CCN1. The highest BCUT2D eigenvalue weighted by Gasteiger charge is 2.20.